The van der Waals surface area contributed by atoms with Gasteiger partial charge in [0.1, 0.15) is 12.4 Å². The van der Waals surface area contributed by atoms with Crippen LogP contribution in [0, 0.1) is 5.82 Å². The fourth-order valence-electron chi connectivity index (χ4n) is 3.20. The highest BCUT2D eigenvalue weighted by molar-refractivity contribution is 6.38. The van der Waals surface area contributed by atoms with Gasteiger partial charge >= 0.3 is 17.8 Å². The number of rotatable bonds is 4. The SMILES string of the molecule is CCc1ncnc(O[C@@H]2CCN(C(=O)N3CCN(CC)C(=O)C3=O)C2)c1F. The summed E-state index contributed by atoms with van der Waals surface area (Å²) in [5.74, 6) is -2.21. The van der Waals surface area contributed by atoms with Crippen molar-refractivity contribution in [3.05, 3.63) is 17.8 Å². The number of halogens is 1. The van der Waals surface area contributed by atoms with Crippen molar-refractivity contribution < 1.29 is 23.5 Å². The lowest BCUT2D eigenvalue weighted by Gasteiger charge is -2.33. The minimum absolute atomic E-state index is 0.135. The van der Waals surface area contributed by atoms with Crippen LogP contribution in [0.2, 0.25) is 0 Å². The summed E-state index contributed by atoms with van der Waals surface area (Å²) in [6.07, 6.45) is 1.70. The van der Waals surface area contributed by atoms with E-state index in [-0.39, 0.29) is 24.7 Å². The van der Waals surface area contributed by atoms with Gasteiger partial charge in [-0.2, -0.15) is 9.37 Å². The predicted molar refractivity (Wildman–Crippen MR) is 91.3 cm³/mol. The average Bonchev–Trinajstić information content (AvgIpc) is 3.13. The summed E-state index contributed by atoms with van der Waals surface area (Å²) in [6, 6.07) is -0.521. The van der Waals surface area contributed by atoms with E-state index in [1.807, 2.05) is 0 Å². The van der Waals surface area contributed by atoms with Crippen LogP contribution in [0.15, 0.2) is 6.33 Å². The van der Waals surface area contributed by atoms with E-state index in [2.05, 4.69) is 9.97 Å². The van der Waals surface area contributed by atoms with Gasteiger partial charge in [-0.25, -0.2) is 9.78 Å². The molecule has 4 amide bonds. The van der Waals surface area contributed by atoms with Crippen molar-refractivity contribution in [2.75, 3.05) is 32.7 Å². The van der Waals surface area contributed by atoms with Gasteiger partial charge in [0.2, 0.25) is 5.82 Å². The fraction of sp³-hybridized carbons (Fsp3) is 0.588. The molecule has 0 aliphatic carbocycles. The van der Waals surface area contributed by atoms with E-state index < -0.39 is 29.8 Å². The first kappa shape index (κ1) is 19.0. The molecule has 0 saturated carbocycles. The topological polar surface area (TPSA) is 95.9 Å². The molecule has 0 radical (unpaired) electrons. The van der Waals surface area contributed by atoms with Crippen LogP contribution in [0.5, 0.6) is 5.88 Å². The Labute approximate surface area is 156 Å². The average molecular weight is 379 g/mol. The highest BCUT2D eigenvalue weighted by Gasteiger charge is 2.39. The molecule has 3 heterocycles. The number of carbonyl (C=O) groups is 3. The van der Waals surface area contributed by atoms with Crippen molar-refractivity contribution in [3.63, 3.8) is 0 Å². The normalized spacial score (nSPS) is 20.4. The van der Waals surface area contributed by atoms with Crippen LogP contribution >= 0.6 is 0 Å². The Morgan fingerprint density at radius 2 is 2.00 bits per heavy atom. The number of urea groups is 1. The number of imide groups is 1. The molecular formula is C17H22FN5O4. The van der Waals surface area contributed by atoms with Crippen LogP contribution in [0.3, 0.4) is 0 Å². The molecule has 1 aromatic heterocycles. The van der Waals surface area contributed by atoms with Crippen molar-refractivity contribution in [1.82, 2.24) is 24.7 Å². The monoisotopic (exact) mass is 379 g/mol. The second-order valence-electron chi connectivity index (χ2n) is 6.39. The molecule has 0 N–H and O–H groups in total. The summed E-state index contributed by atoms with van der Waals surface area (Å²) in [6.45, 7) is 5.03. The van der Waals surface area contributed by atoms with Crippen LogP contribution in [0.1, 0.15) is 26.0 Å². The zero-order chi connectivity index (χ0) is 19.6. The van der Waals surface area contributed by atoms with Gasteiger partial charge in [0.25, 0.3) is 5.88 Å². The smallest absolute Gasteiger partial charge is 0.327 e. The first-order valence-electron chi connectivity index (χ1n) is 9.01. The molecule has 1 aromatic rings. The van der Waals surface area contributed by atoms with Gasteiger partial charge in [0.15, 0.2) is 0 Å². The minimum Gasteiger partial charge on any atom is -0.470 e. The molecule has 0 aromatic carbocycles. The molecule has 9 nitrogen and oxygen atoms in total. The molecule has 0 unspecified atom stereocenters. The van der Waals surface area contributed by atoms with Crippen molar-refractivity contribution in [3.8, 4) is 5.88 Å². The number of likely N-dealkylation sites (tertiary alicyclic amines) is 1. The maximum atomic E-state index is 14.2. The number of carbonyl (C=O) groups excluding carboxylic acids is 3. The lowest BCUT2D eigenvalue weighted by molar-refractivity contribution is -0.153. The minimum atomic E-state index is -0.813. The Bertz CT molecular complexity index is 759. The van der Waals surface area contributed by atoms with Crippen molar-refractivity contribution in [2.45, 2.75) is 32.8 Å². The molecule has 2 saturated heterocycles. The van der Waals surface area contributed by atoms with Crippen LogP contribution in [-0.4, -0.2) is 81.3 Å². The molecule has 0 bridgehead atoms. The predicted octanol–water partition coefficient (Wildman–Crippen LogP) is 0.442. The van der Waals surface area contributed by atoms with Gasteiger partial charge < -0.3 is 14.5 Å². The third-order valence-corrected chi connectivity index (χ3v) is 4.78. The molecule has 2 fully saturated rings. The number of hydrogen-bond donors (Lipinski definition) is 0. The zero-order valence-electron chi connectivity index (χ0n) is 15.4. The molecule has 0 spiro atoms. The fourth-order valence-corrected chi connectivity index (χ4v) is 3.20. The van der Waals surface area contributed by atoms with E-state index >= 15 is 0 Å². The summed E-state index contributed by atoms with van der Waals surface area (Å²) in [5.41, 5.74) is 0.267. The summed E-state index contributed by atoms with van der Waals surface area (Å²) in [5, 5.41) is 0. The van der Waals surface area contributed by atoms with E-state index in [0.717, 1.165) is 4.90 Å². The van der Waals surface area contributed by atoms with E-state index in [9.17, 15) is 18.8 Å². The summed E-state index contributed by atoms with van der Waals surface area (Å²) in [7, 11) is 0. The quantitative estimate of drug-likeness (QED) is 0.705. The Hall–Kier alpha value is -2.78. The molecule has 2 aliphatic rings. The molecule has 146 valence electrons. The number of ether oxygens (including phenoxy) is 1. The van der Waals surface area contributed by atoms with Gasteiger partial charge in [0, 0.05) is 32.6 Å². The number of amides is 4. The Balaban J connectivity index is 1.62. The van der Waals surface area contributed by atoms with E-state index in [0.29, 0.717) is 32.5 Å². The van der Waals surface area contributed by atoms with Gasteiger partial charge in [0.05, 0.1) is 12.2 Å². The van der Waals surface area contributed by atoms with Gasteiger partial charge in [-0.1, -0.05) is 6.92 Å². The van der Waals surface area contributed by atoms with Crippen molar-refractivity contribution in [2.24, 2.45) is 0 Å². The summed E-state index contributed by atoms with van der Waals surface area (Å²) >= 11 is 0. The van der Waals surface area contributed by atoms with Crippen LogP contribution in [-0.2, 0) is 16.0 Å². The number of aromatic nitrogens is 2. The van der Waals surface area contributed by atoms with E-state index in [4.69, 9.17) is 4.74 Å². The highest BCUT2D eigenvalue weighted by atomic mass is 19.1. The first-order chi connectivity index (χ1) is 13.0. The molecule has 27 heavy (non-hydrogen) atoms. The summed E-state index contributed by atoms with van der Waals surface area (Å²) in [4.78, 5) is 48.3. The Morgan fingerprint density at radius 3 is 2.70 bits per heavy atom. The maximum absolute atomic E-state index is 14.2. The van der Waals surface area contributed by atoms with Crippen LogP contribution < -0.4 is 4.74 Å². The van der Waals surface area contributed by atoms with Crippen molar-refractivity contribution >= 4 is 17.8 Å². The lowest BCUT2D eigenvalue weighted by Crippen LogP contribution is -2.58. The lowest BCUT2D eigenvalue weighted by atomic mass is 10.3. The second kappa shape index (κ2) is 7.85. The van der Waals surface area contributed by atoms with E-state index in [1.54, 1.807) is 13.8 Å². The zero-order valence-corrected chi connectivity index (χ0v) is 15.4. The van der Waals surface area contributed by atoms with E-state index in [1.165, 1.54) is 16.1 Å². The standard InChI is InChI=1S/C17H22FN5O4/c1-3-12-13(18)14(20-10-19-12)27-11-5-6-22(9-11)17(26)23-8-7-21(4-2)15(24)16(23)25/h10-11H,3-9H2,1-2H3/t11-/m1/s1. The third-order valence-electron chi connectivity index (χ3n) is 4.78. The molecular weight excluding hydrogens is 357 g/mol. The second-order valence-corrected chi connectivity index (χ2v) is 6.39. The number of nitrogens with zero attached hydrogens (tertiary/aromatic N) is 5. The number of piperazine rings is 1. The van der Waals surface area contributed by atoms with Crippen LogP contribution in [0.4, 0.5) is 9.18 Å². The summed E-state index contributed by atoms with van der Waals surface area (Å²) < 4.78 is 19.8. The van der Waals surface area contributed by atoms with Gasteiger partial charge in [-0.15, -0.1) is 0 Å². The van der Waals surface area contributed by atoms with Gasteiger partial charge in [-0.3, -0.25) is 14.5 Å². The van der Waals surface area contributed by atoms with Crippen molar-refractivity contribution in [1.29, 1.82) is 0 Å². The number of hydrogen-bond acceptors (Lipinski definition) is 6. The Kier molecular flexibility index (Phi) is 5.52. The first-order valence-corrected chi connectivity index (χ1v) is 9.01. The Morgan fingerprint density at radius 1 is 1.22 bits per heavy atom. The molecule has 10 heteroatoms. The molecule has 3 rings (SSSR count). The molecule has 1 atom stereocenters. The number of likely N-dealkylation sites (N-methyl/N-ethyl adjacent to an activating group) is 1. The largest absolute Gasteiger partial charge is 0.470 e. The highest BCUT2D eigenvalue weighted by Crippen LogP contribution is 2.22. The third kappa shape index (κ3) is 3.69. The molecule has 2 aliphatic heterocycles. The maximum Gasteiger partial charge on any atom is 0.327 e. The van der Waals surface area contributed by atoms with Crippen LogP contribution in [0.25, 0.3) is 0 Å². The number of aryl methyl sites for hydroxylation is 1. The van der Waals surface area contributed by atoms with Gasteiger partial charge in [-0.05, 0) is 13.3 Å².